The number of halogens is 2. The molecule has 146 valence electrons. The van der Waals surface area contributed by atoms with Crippen molar-refractivity contribution < 1.29 is 9.15 Å². The summed E-state index contributed by atoms with van der Waals surface area (Å²) in [5.41, 5.74) is 3.65. The van der Waals surface area contributed by atoms with Crippen LogP contribution in [0.15, 0.2) is 69.9 Å². The van der Waals surface area contributed by atoms with Crippen LogP contribution in [0.5, 0.6) is 5.75 Å². The molecule has 3 aromatic carbocycles. The maximum atomic E-state index is 13.3. The van der Waals surface area contributed by atoms with E-state index in [0.29, 0.717) is 32.3 Å². The van der Waals surface area contributed by atoms with Crippen LogP contribution in [0.2, 0.25) is 10.0 Å². The Morgan fingerprint density at radius 3 is 2.48 bits per heavy atom. The summed E-state index contributed by atoms with van der Waals surface area (Å²) in [6.45, 7) is 4.10. The molecule has 0 amide bonds. The minimum absolute atomic E-state index is 0.118. The fourth-order valence-corrected chi connectivity index (χ4v) is 3.60. The van der Waals surface area contributed by atoms with E-state index in [1.54, 1.807) is 24.3 Å². The largest absolute Gasteiger partial charge is 0.481 e. The zero-order chi connectivity index (χ0) is 20.5. The van der Waals surface area contributed by atoms with Crippen molar-refractivity contribution in [3.63, 3.8) is 0 Å². The lowest BCUT2D eigenvalue weighted by Crippen LogP contribution is -2.10. The first-order valence-electron chi connectivity index (χ1n) is 9.14. The van der Waals surface area contributed by atoms with E-state index >= 15 is 0 Å². The van der Waals surface area contributed by atoms with Gasteiger partial charge in [-0.2, -0.15) is 0 Å². The van der Waals surface area contributed by atoms with Crippen molar-refractivity contribution in [2.24, 2.45) is 0 Å². The van der Waals surface area contributed by atoms with Gasteiger partial charge < -0.3 is 9.15 Å². The summed E-state index contributed by atoms with van der Waals surface area (Å²) in [6, 6.07) is 18.5. The van der Waals surface area contributed by atoms with Crippen molar-refractivity contribution in [2.45, 2.75) is 20.5 Å². The molecule has 5 heteroatoms. The lowest BCUT2D eigenvalue weighted by Gasteiger charge is -2.13. The van der Waals surface area contributed by atoms with E-state index in [-0.39, 0.29) is 17.8 Å². The van der Waals surface area contributed by atoms with Gasteiger partial charge in [0.05, 0.1) is 10.4 Å². The van der Waals surface area contributed by atoms with Gasteiger partial charge in [-0.05, 0) is 49.2 Å². The average Bonchev–Trinajstić information content (AvgIpc) is 2.69. The van der Waals surface area contributed by atoms with Gasteiger partial charge in [-0.25, -0.2) is 0 Å². The maximum absolute atomic E-state index is 13.3. The predicted octanol–water partition coefficient (Wildman–Crippen LogP) is 6.96. The van der Waals surface area contributed by atoms with Gasteiger partial charge in [-0.3, -0.25) is 4.79 Å². The van der Waals surface area contributed by atoms with Gasteiger partial charge in [0.2, 0.25) is 11.2 Å². The van der Waals surface area contributed by atoms with E-state index in [1.807, 2.05) is 50.2 Å². The molecule has 1 heterocycles. The number of rotatable bonds is 4. The first-order chi connectivity index (χ1) is 13.9. The van der Waals surface area contributed by atoms with Crippen LogP contribution in [0.1, 0.15) is 16.7 Å². The monoisotopic (exact) mass is 424 g/mol. The zero-order valence-electron chi connectivity index (χ0n) is 16.0. The van der Waals surface area contributed by atoms with Gasteiger partial charge in [-0.15, -0.1) is 0 Å². The molecule has 4 rings (SSSR count). The second-order valence-corrected chi connectivity index (χ2v) is 7.76. The Morgan fingerprint density at radius 1 is 0.931 bits per heavy atom. The number of hydrogen-bond acceptors (Lipinski definition) is 3. The highest BCUT2D eigenvalue weighted by molar-refractivity contribution is 6.33. The lowest BCUT2D eigenvalue weighted by atomic mass is 10.1. The van der Waals surface area contributed by atoms with E-state index in [0.717, 1.165) is 16.7 Å². The Labute approximate surface area is 178 Å². The van der Waals surface area contributed by atoms with Gasteiger partial charge in [-0.1, -0.05) is 65.2 Å². The maximum Gasteiger partial charge on any atom is 0.235 e. The van der Waals surface area contributed by atoms with Gasteiger partial charge in [0.1, 0.15) is 12.2 Å². The number of hydrogen-bond donors (Lipinski definition) is 0. The van der Waals surface area contributed by atoms with E-state index in [9.17, 15) is 4.79 Å². The van der Waals surface area contributed by atoms with Crippen LogP contribution in [0.25, 0.3) is 22.3 Å². The number of fused-ring (bicyclic) bond motifs is 1. The number of benzene rings is 3. The molecule has 0 N–H and O–H groups in total. The summed E-state index contributed by atoms with van der Waals surface area (Å²) in [5, 5.41) is 1.34. The molecular weight excluding hydrogens is 407 g/mol. The Balaban J connectivity index is 1.91. The summed E-state index contributed by atoms with van der Waals surface area (Å²) in [5.74, 6) is 0.425. The molecule has 1 aromatic heterocycles. The highest BCUT2D eigenvalue weighted by Gasteiger charge is 2.20. The molecule has 0 aliphatic rings. The summed E-state index contributed by atoms with van der Waals surface area (Å²) < 4.78 is 12.1. The molecule has 3 nitrogen and oxygen atoms in total. The van der Waals surface area contributed by atoms with Gasteiger partial charge >= 0.3 is 0 Å². The topological polar surface area (TPSA) is 39.4 Å². The molecule has 0 bridgehead atoms. The molecule has 0 saturated carbocycles. The van der Waals surface area contributed by atoms with Crippen LogP contribution in [-0.4, -0.2) is 0 Å². The number of aryl methyl sites for hydroxylation is 2. The second-order valence-electron chi connectivity index (χ2n) is 6.94. The highest BCUT2D eigenvalue weighted by Crippen LogP contribution is 2.36. The van der Waals surface area contributed by atoms with Crippen LogP contribution in [-0.2, 0) is 6.61 Å². The summed E-state index contributed by atoms with van der Waals surface area (Å²) in [6.07, 6.45) is 0. The van der Waals surface area contributed by atoms with E-state index < -0.39 is 0 Å². The first kappa shape index (κ1) is 19.6. The quantitative estimate of drug-likeness (QED) is 0.355. The van der Waals surface area contributed by atoms with Gasteiger partial charge in [0.15, 0.2) is 5.76 Å². The third-order valence-electron chi connectivity index (χ3n) is 4.71. The second kappa shape index (κ2) is 7.94. The normalized spacial score (nSPS) is 11.0. The van der Waals surface area contributed by atoms with E-state index in [2.05, 4.69) is 0 Å². The minimum Gasteiger partial charge on any atom is -0.481 e. The minimum atomic E-state index is -0.282. The summed E-state index contributed by atoms with van der Waals surface area (Å²) in [7, 11) is 0. The molecule has 0 unspecified atom stereocenters. The lowest BCUT2D eigenvalue weighted by molar-refractivity contribution is 0.298. The molecule has 29 heavy (non-hydrogen) atoms. The van der Waals surface area contributed by atoms with E-state index in [1.165, 1.54) is 0 Å². The Kier molecular flexibility index (Phi) is 5.35. The van der Waals surface area contributed by atoms with Crippen molar-refractivity contribution in [2.75, 3.05) is 0 Å². The summed E-state index contributed by atoms with van der Waals surface area (Å²) >= 11 is 12.6. The number of ether oxygens (including phenoxy) is 1. The van der Waals surface area contributed by atoms with Crippen molar-refractivity contribution in [3.05, 3.63) is 97.6 Å². The van der Waals surface area contributed by atoms with Crippen molar-refractivity contribution in [1.82, 2.24) is 0 Å². The van der Waals surface area contributed by atoms with Crippen molar-refractivity contribution >= 4 is 34.2 Å². The molecule has 0 atom stereocenters. The van der Waals surface area contributed by atoms with Crippen LogP contribution in [0, 0.1) is 13.8 Å². The third kappa shape index (κ3) is 3.89. The Hall–Kier alpha value is -2.75. The van der Waals surface area contributed by atoms with E-state index in [4.69, 9.17) is 32.4 Å². The molecule has 0 fully saturated rings. The molecule has 4 aromatic rings. The SMILES string of the molecule is Cc1cccc(COc2c(-c3ccccc3Cl)oc3cc(C)c(Cl)cc3c2=O)c1. The molecule has 0 spiro atoms. The van der Waals surface area contributed by atoms with Crippen LogP contribution in [0.4, 0.5) is 0 Å². The smallest absolute Gasteiger partial charge is 0.235 e. The molecular formula is C24H18Cl2O3. The fourth-order valence-electron chi connectivity index (χ4n) is 3.21. The Morgan fingerprint density at radius 2 is 1.72 bits per heavy atom. The fraction of sp³-hybridized carbons (Fsp3) is 0.125. The standard InChI is InChI=1S/C24H18Cl2O3/c1-14-6-5-7-16(10-14)13-28-24-22(27)18-12-20(26)15(2)11-21(18)29-23(24)17-8-3-4-9-19(17)25/h3-12H,13H2,1-2H3. The third-order valence-corrected chi connectivity index (χ3v) is 5.45. The van der Waals surface area contributed by atoms with Gasteiger partial charge in [0, 0.05) is 10.6 Å². The van der Waals surface area contributed by atoms with Crippen LogP contribution < -0.4 is 10.2 Å². The van der Waals surface area contributed by atoms with Crippen LogP contribution in [0.3, 0.4) is 0 Å². The zero-order valence-corrected chi connectivity index (χ0v) is 17.5. The average molecular weight is 425 g/mol. The molecule has 0 saturated heterocycles. The molecule has 0 aliphatic heterocycles. The van der Waals surface area contributed by atoms with Crippen molar-refractivity contribution in [3.8, 4) is 17.1 Å². The molecule has 0 radical (unpaired) electrons. The predicted molar refractivity (Wildman–Crippen MR) is 118 cm³/mol. The Bertz CT molecular complexity index is 1280. The molecule has 0 aliphatic carbocycles. The van der Waals surface area contributed by atoms with Crippen molar-refractivity contribution in [1.29, 1.82) is 0 Å². The summed E-state index contributed by atoms with van der Waals surface area (Å²) in [4.78, 5) is 13.3. The van der Waals surface area contributed by atoms with Gasteiger partial charge in [0.25, 0.3) is 0 Å². The highest BCUT2D eigenvalue weighted by atomic mass is 35.5. The first-order valence-corrected chi connectivity index (χ1v) is 9.90. The van der Waals surface area contributed by atoms with Crippen LogP contribution >= 0.6 is 23.2 Å².